The zero-order valence-electron chi connectivity index (χ0n) is 15.1. The number of primary amides is 1. The van der Waals surface area contributed by atoms with Gasteiger partial charge in [-0.15, -0.1) is 11.3 Å². The van der Waals surface area contributed by atoms with Crippen molar-refractivity contribution in [2.24, 2.45) is 5.73 Å². The van der Waals surface area contributed by atoms with Gasteiger partial charge in [-0.2, -0.15) is 0 Å². The highest BCUT2D eigenvalue weighted by Gasteiger charge is 2.09. The lowest BCUT2D eigenvalue weighted by Gasteiger charge is -2.06. The van der Waals surface area contributed by atoms with Gasteiger partial charge in [-0.25, -0.2) is 4.98 Å². The highest BCUT2D eigenvalue weighted by atomic mass is 32.1. The molecule has 5 nitrogen and oxygen atoms in total. The van der Waals surface area contributed by atoms with E-state index in [9.17, 15) is 9.59 Å². The molecule has 1 heterocycles. The molecule has 0 aliphatic rings. The number of nitrogens with one attached hydrogen (secondary N) is 1. The summed E-state index contributed by atoms with van der Waals surface area (Å²) in [6.45, 7) is 2.07. The Bertz CT molecular complexity index is 1180. The first-order chi connectivity index (χ1) is 13.5. The molecular formula is C22H17N3O2S. The van der Waals surface area contributed by atoms with E-state index < -0.39 is 5.91 Å². The van der Waals surface area contributed by atoms with E-state index in [1.54, 1.807) is 23.5 Å². The van der Waals surface area contributed by atoms with Crippen LogP contribution in [0.1, 0.15) is 26.3 Å². The zero-order valence-corrected chi connectivity index (χ0v) is 15.9. The molecule has 138 valence electrons. The average molecular weight is 387 g/mol. The maximum atomic E-state index is 12.4. The third kappa shape index (κ3) is 3.63. The molecule has 28 heavy (non-hydrogen) atoms. The van der Waals surface area contributed by atoms with E-state index in [1.165, 1.54) is 17.7 Å². The number of rotatable bonds is 4. The van der Waals surface area contributed by atoms with Gasteiger partial charge < -0.3 is 11.1 Å². The predicted molar refractivity (Wildman–Crippen MR) is 113 cm³/mol. The molecule has 4 rings (SSSR count). The molecule has 0 radical (unpaired) electrons. The maximum absolute atomic E-state index is 12.4. The largest absolute Gasteiger partial charge is 0.366 e. The van der Waals surface area contributed by atoms with Crippen LogP contribution in [0.5, 0.6) is 0 Å². The number of benzene rings is 3. The van der Waals surface area contributed by atoms with Gasteiger partial charge in [0.05, 0.1) is 10.2 Å². The third-order valence-electron chi connectivity index (χ3n) is 4.37. The Hall–Kier alpha value is -3.51. The van der Waals surface area contributed by atoms with E-state index in [0.717, 1.165) is 20.8 Å². The molecule has 0 unspecified atom stereocenters. The number of hydrogen-bond donors (Lipinski definition) is 2. The van der Waals surface area contributed by atoms with Crippen molar-refractivity contribution in [1.82, 2.24) is 4.98 Å². The van der Waals surface area contributed by atoms with Crippen molar-refractivity contribution in [2.45, 2.75) is 6.92 Å². The van der Waals surface area contributed by atoms with Crippen molar-refractivity contribution in [3.63, 3.8) is 0 Å². The normalized spacial score (nSPS) is 10.8. The van der Waals surface area contributed by atoms with Crippen molar-refractivity contribution in [3.8, 4) is 10.6 Å². The average Bonchev–Trinajstić information content (AvgIpc) is 3.11. The van der Waals surface area contributed by atoms with E-state index in [1.807, 2.05) is 30.3 Å². The number of amides is 2. The summed E-state index contributed by atoms with van der Waals surface area (Å²) in [6.07, 6.45) is 0. The lowest BCUT2D eigenvalue weighted by molar-refractivity contribution is 0.0995. The Morgan fingerprint density at radius 3 is 2.29 bits per heavy atom. The lowest BCUT2D eigenvalue weighted by atomic mass is 10.1. The first kappa shape index (κ1) is 17.9. The Kier molecular flexibility index (Phi) is 4.63. The summed E-state index contributed by atoms with van der Waals surface area (Å²) in [7, 11) is 0. The first-order valence-corrected chi connectivity index (χ1v) is 9.50. The second kappa shape index (κ2) is 7.25. The summed E-state index contributed by atoms with van der Waals surface area (Å²) in [5.74, 6) is -0.771. The van der Waals surface area contributed by atoms with Crippen LogP contribution >= 0.6 is 11.3 Å². The Labute approximate surface area is 165 Å². The molecule has 0 aliphatic heterocycles. The second-order valence-electron chi connectivity index (χ2n) is 6.46. The number of nitrogens with two attached hydrogens (primary N) is 1. The van der Waals surface area contributed by atoms with Gasteiger partial charge in [-0.3, -0.25) is 9.59 Å². The fourth-order valence-corrected chi connectivity index (χ4v) is 3.91. The summed E-state index contributed by atoms with van der Waals surface area (Å²) in [4.78, 5) is 28.2. The van der Waals surface area contributed by atoms with Crippen LogP contribution in [0.25, 0.3) is 20.8 Å². The second-order valence-corrected chi connectivity index (χ2v) is 7.49. The Morgan fingerprint density at radius 1 is 0.929 bits per heavy atom. The van der Waals surface area contributed by atoms with Crippen molar-refractivity contribution in [1.29, 1.82) is 0 Å². The van der Waals surface area contributed by atoms with E-state index in [0.29, 0.717) is 16.8 Å². The van der Waals surface area contributed by atoms with Gasteiger partial charge in [0.15, 0.2) is 0 Å². The minimum absolute atomic E-state index is 0.251. The summed E-state index contributed by atoms with van der Waals surface area (Å²) in [5.41, 5.74) is 9.92. The molecule has 6 heteroatoms. The quantitative estimate of drug-likeness (QED) is 0.536. The molecule has 3 N–H and O–H groups in total. The molecule has 2 amide bonds. The predicted octanol–water partition coefficient (Wildman–Crippen LogP) is 4.62. The molecule has 0 atom stereocenters. The molecule has 4 aromatic rings. The van der Waals surface area contributed by atoms with Crippen LogP contribution in [0, 0.1) is 6.92 Å². The molecule has 0 saturated carbocycles. The van der Waals surface area contributed by atoms with Crippen molar-refractivity contribution < 1.29 is 9.59 Å². The number of carbonyl (C=O) groups excluding carboxylic acids is 2. The minimum atomic E-state index is -0.521. The monoisotopic (exact) mass is 387 g/mol. The Balaban J connectivity index is 1.50. The zero-order chi connectivity index (χ0) is 19.7. The summed E-state index contributed by atoms with van der Waals surface area (Å²) in [6, 6.07) is 20.0. The smallest absolute Gasteiger partial charge is 0.255 e. The van der Waals surface area contributed by atoms with Gasteiger partial charge in [0.1, 0.15) is 5.01 Å². The van der Waals surface area contributed by atoms with Gasteiger partial charge in [0.2, 0.25) is 5.91 Å². The summed E-state index contributed by atoms with van der Waals surface area (Å²) >= 11 is 1.65. The molecule has 3 aromatic carbocycles. The van der Waals surface area contributed by atoms with E-state index in [-0.39, 0.29) is 5.91 Å². The molecule has 1 aromatic heterocycles. The number of hydrogen-bond acceptors (Lipinski definition) is 4. The fraction of sp³-hybridized carbons (Fsp3) is 0.0455. The number of fused-ring (bicyclic) bond motifs is 1. The number of carbonyl (C=O) groups is 2. The van der Waals surface area contributed by atoms with Crippen LogP contribution in [0.2, 0.25) is 0 Å². The van der Waals surface area contributed by atoms with Crippen LogP contribution in [0.15, 0.2) is 66.7 Å². The fourth-order valence-electron chi connectivity index (χ4n) is 2.84. The molecule has 0 saturated heterocycles. The van der Waals surface area contributed by atoms with Gasteiger partial charge >= 0.3 is 0 Å². The minimum Gasteiger partial charge on any atom is -0.366 e. The number of thiazole rings is 1. The number of aromatic nitrogens is 1. The summed E-state index contributed by atoms with van der Waals surface area (Å²) in [5, 5.41) is 3.79. The Morgan fingerprint density at radius 2 is 1.61 bits per heavy atom. The first-order valence-electron chi connectivity index (χ1n) is 8.68. The molecule has 0 aliphatic carbocycles. The highest BCUT2D eigenvalue weighted by molar-refractivity contribution is 7.21. The van der Waals surface area contributed by atoms with E-state index in [4.69, 9.17) is 5.73 Å². The number of anilines is 1. The van der Waals surface area contributed by atoms with Gasteiger partial charge in [0.25, 0.3) is 5.91 Å². The molecule has 0 spiro atoms. The van der Waals surface area contributed by atoms with Gasteiger partial charge in [0, 0.05) is 22.4 Å². The van der Waals surface area contributed by atoms with Crippen molar-refractivity contribution >= 4 is 39.1 Å². The topological polar surface area (TPSA) is 85.1 Å². The number of nitrogens with zero attached hydrogens (tertiary/aromatic N) is 1. The van der Waals surface area contributed by atoms with Crippen LogP contribution in [-0.2, 0) is 0 Å². The highest BCUT2D eigenvalue weighted by Crippen LogP contribution is 2.31. The van der Waals surface area contributed by atoms with Crippen LogP contribution < -0.4 is 11.1 Å². The van der Waals surface area contributed by atoms with Crippen LogP contribution in [0.4, 0.5) is 5.69 Å². The number of aryl methyl sites for hydroxylation is 1. The summed E-state index contributed by atoms with van der Waals surface area (Å²) < 4.78 is 1.16. The molecule has 0 fully saturated rings. The SMILES string of the molecule is Cc1ccc2nc(-c3ccc(NC(=O)c4ccc(C(N)=O)cc4)cc3)sc2c1. The van der Waals surface area contributed by atoms with Crippen molar-refractivity contribution in [2.75, 3.05) is 5.32 Å². The standard InChI is InChI=1S/C22H17N3O2S/c1-13-2-11-18-19(12-13)28-22(25-18)16-7-9-17(10-8-16)24-21(27)15-5-3-14(4-6-15)20(23)26/h2-12H,1H3,(H2,23,26)(H,24,27). The van der Waals surface area contributed by atoms with E-state index >= 15 is 0 Å². The van der Waals surface area contributed by atoms with Gasteiger partial charge in [-0.1, -0.05) is 6.07 Å². The third-order valence-corrected chi connectivity index (χ3v) is 5.43. The van der Waals surface area contributed by atoms with Crippen LogP contribution in [0.3, 0.4) is 0 Å². The molecular weight excluding hydrogens is 370 g/mol. The van der Waals surface area contributed by atoms with E-state index in [2.05, 4.69) is 29.4 Å². The van der Waals surface area contributed by atoms with Gasteiger partial charge in [-0.05, 0) is 73.2 Å². The maximum Gasteiger partial charge on any atom is 0.255 e. The lowest BCUT2D eigenvalue weighted by Crippen LogP contribution is -2.14. The van der Waals surface area contributed by atoms with Crippen molar-refractivity contribution in [3.05, 3.63) is 83.4 Å². The molecule has 0 bridgehead atoms. The van der Waals surface area contributed by atoms with Crippen LogP contribution in [-0.4, -0.2) is 16.8 Å².